The summed E-state index contributed by atoms with van der Waals surface area (Å²) < 4.78 is 0. The molecule has 1 aliphatic carbocycles. The van der Waals surface area contributed by atoms with E-state index in [1.54, 1.807) is 11.3 Å². The van der Waals surface area contributed by atoms with E-state index in [1.807, 2.05) is 6.20 Å². The molecule has 5 heteroatoms. The third-order valence-electron chi connectivity index (χ3n) is 4.28. The summed E-state index contributed by atoms with van der Waals surface area (Å²) in [4.78, 5) is 19.0. The van der Waals surface area contributed by atoms with E-state index >= 15 is 0 Å². The Morgan fingerprint density at radius 1 is 1.37 bits per heavy atom. The van der Waals surface area contributed by atoms with Crippen molar-refractivity contribution in [3.8, 4) is 0 Å². The van der Waals surface area contributed by atoms with Crippen molar-refractivity contribution in [2.75, 3.05) is 6.54 Å². The first-order chi connectivity index (χ1) is 9.24. The molecule has 0 amide bonds. The number of thiazole rings is 1. The Morgan fingerprint density at radius 3 is 2.89 bits per heavy atom. The van der Waals surface area contributed by atoms with Gasteiger partial charge in [0.25, 0.3) is 0 Å². The highest BCUT2D eigenvalue weighted by atomic mass is 32.1. The molecular weight excluding hydrogens is 260 g/mol. The van der Waals surface area contributed by atoms with Crippen molar-refractivity contribution in [3.63, 3.8) is 0 Å². The van der Waals surface area contributed by atoms with Crippen LogP contribution in [0.1, 0.15) is 54.3 Å². The quantitative estimate of drug-likeness (QED) is 0.921. The van der Waals surface area contributed by atoms with Gasteiger partial charge in [0.15, 0.2) is 0 Å². The van der Waals surface area contributed by atoms with Gasteiger partial charge in [-0.3, -0.25) is 9.69 Å². The number of rotatable bonds is 4. The van der Waals surface area contributed by atoms with Crippen LogP contribution in [-0.4, -0.2) is 33.5 Å². The van der Waals surface area contributed by atoms with Gasteiger partial charge < -0.3 is 5.11 Å². The Kier molecular flexibility index (Phi) is 3.84. The normalized spacial score (nSPS) is 25.2. The fraction of sp³-hybridized carbons (Fsp3) is 0.714. The molecule has 1 aromatic heterocycles. The molecule has 1 atom stereocenters. The van der Waals surface area contributed by atoms with Gasteiger partial charge in [-0.1, -0.05) is 12.8 Å². The van der Waals surface area contributed by atoms with E-state index in [0.717, 1.165) is 25.9 Å². The Labute approximate surface area is 117 Å². The van der Waals surface area contributed by atoms with Crippen LogP contribution in [0.5, 0.6) is 0 Å². The third kappa shape index (κ3) is 2.82. The van der Waals surface area contributed by atoms with Crippen LogP contribution in [0.25, 0.3) is 0 Å². The summed E-state index contributed by atoms with van der Waals surface area (Å²) in [7, 11) is 0. The maximum absolute atomic E-state index is 11.2. The van der Waals surface area contributed by atoms with Crippen molar-refractivity contribution in [2.45, 2.75) is 57.0 Å². The van der Waals surface area contributed by atoms with Crippen LogP contribution in [-0.2, 0) is 11.3 Å². The average Bonchev–Trinajstić information content (AvgIpc) is 3.09. The number of carboxylic acid groups (broad SMARTS) is 1. The van der Waals surface area contributed by atoms with Gasteiger partial charge in [0.05, 0.1) is 5.01 Å². The van der Waals surface area contributed by atoms with Crippen LogP contribution in [0, 0.1) is 0 Å². The summed E-state index contributed by atoms with van der Waals surface area (Å²) >= 11 is 1.79. The van der Waals surface area contributed by atoms with Gasteiger partial charge in [-0.2, -0.15) is 0 Å². The molecular formula is C14H20N2O2S. The Hall–Kier alpha value is -0.940. The molecule has 2 fully saturated rings. The van der Waals surface area contributed by atoms with Gasteiger partial charge in [-0.15, -0.1) is 11.3 Å². The molecule has 1 N–H and O–H groups in total. The highest BCUT2D eigenvalue weighted by molar-refractivity contribution is 7.11. The summed E-state index contributed by atoms with van der Waals surface area (Å²) in [6.45, 7) is 1.65. The first-order valence-corrected chi connectivity index (χ1v) is 7.97. The maximum atomic E-state index is 11.2. The minimum absolute atomic E-state index is 0.294. The molecule has 1 aliphatic heterocycles. The summed E-state index contributed by atoms with van der Waals surface area (Å²) in [5, 5.41) is 10.4. The Balaban J connectivity index is 1.65. The monoisotopic (exact) mass is 280 g/mol. The van der Waals surface area contributed by atoms with E-state index in [9.17, 15) is 9.90 Å². The van der Waals surface area contributed by atoms with Crippen molar-refractivity contribution in [1.29, 1.82) is 0 Å². The van der Waals surface area contributed by atoms with Gasteiger partial charge in [0.1, 0.15) is 6.04 Å². The summed E-state index contributed by atoms with van der Waals surface area (Å²) in [5.41, 5.74) is 0. The second kappa shape index (κ2) is 5.59. The van der Waals surface area contributed by atoms with Crippen molar-refractivity contribution in [3.05, 3.63) is 16.1 Å². The molecule has 3 rings (SSSR count). The molecule has 1 aromatic rings. The molecule has 0 spiro atoms. The van der Waals surface area contributed by atoms with Gasteiger partial charge in [0, 0.05) is 23.5 Å². The van der Waals surface area contributed by atoms with Crippen molar-refractivity contribution < 1.29 is 9.90 Å². The molecule has 4 nitrogen and oxygen atoms in total. The van der Waals surface area contributed by atoms with Crippen LogP contribution < -0.4 is 0 Å². The van der Waals surface area contributed by atoms with Crippen molar-refractivity contribution in [2.24, 2.45) is 0 Å². The fourth-order valence-corrected chi connectivity index (χ4v) is 4.36. The number of nitrogens with zero attached hydrogens (tertiary/aromatic N) is 2. The molecule has 2 heterocycles. The standard InChI is InChI=1S/C14H20N2O2S/c17-14(18)12-6-3-7-16(12)9-11-8-15-13(19-11)10-4-1-2-5-10/h8,10,12H,1-7,9H2,(H,17,18). The average molecular weight is 280 g/mol. The van der Waals surface area contributed by atoms with Crippen LogP contribution >= 0.6 is 11.3 Å². The second-order valence-corrected chi connectivity index (χ2v) is 6.76. The largest absolute Gasteiger partial charge is 0.480 e. The van der Waals surface area contributed by atoms with E-state index in [2.05, 4.69) is 9.88 Å². The molecule has 2 aliphatic rings. The topological polar surface area (TPSA) is 53.4 Å². The van der Waals surface area contributed by atoms with Crippen LogP contribution in [0.3, 0.4) is 0 Å². The molecule has 0 radical (unpaired) electrons. The van der Waals surface area contributed by atoms with Gasteiger partial charge in [-0.05, 0) is 32.2 Å². The van der Waals surface area contributed by atoms with Gasteiger partial charge >= 0.3 is 5.97 Å². The minimum atomic E-state index is -0.682. The van der Waals surface area contributed by atoms with Gasteiger partial charge in [0.2, 0.25) is 0 Å². The molecule has 0 bridgehead atoms. The summed E-state index contributed by atoms with van der Waals surface area (Å²) in [6.07, 6.45) is 8.92. The van der Waals surface area contributed by atoms with Crippen LogP contribution in [0.15, 0.2) is 6.20 Å². The van der Waals surface area contributed by atoms with Crippen molar-refractivity contribution in [1.82, 2.24) is 9.88 Å². The van der Waals surface area contributed by atoms with Crippen LogP contribution in [0.4, 0.5) is 0 Å². The first kappa shape index (κ1) is 13.1. The van der Waals surface area contributed by atoms with E-state index in [0.29, 0.717) is 5.92 Å². The highest BCUT2D eigenvalue weighted by Gasteiger charge is 2.31. The number of carbonyl (C=O) groups is 1. The zero-order chi connectivity index (χ0) is 13.2. The van der Waals surface area contributed by atoms with Gasteiger partial charge in [-0.25, -0.2) is 4.98 Å². The minimum Gasteiger partial charge on any atom is -0.480 e. The first-order valence-electron chi connectivity index (χ1n) is 7.15. The zero-order valence-electron chi connectivity index (χ0n) is 11.0. The lowest BCUT2D eigenvalue weighted by Crippen LogP contribution is -2.35. The lowest BCUT2D eigenvalue weighted by atomic mass is 10.1. The number of carboxylic acids is 1. The van der Waals surface area contributed by atoms with E-state index in [1.165, 1.54) is 35.6 Å². The number of aromatic nitrogens is 1. The molecule has 1 saturated carbocycles. The third-order valence-corrected chi connectivity index (χ3v) is 5.43. The SMILES string of the molecule is O=C(O)C1CCCN1Cc1cnc(C2CCCC2)s1. The Morgan fingerprint density at radius 2 is 2.16 bits per heavy atom. The number of likely N-dealkylation sites (tertiary alicyclic amines) is 1. The highest BCUT2D eigenvalue weighted by Crippen LogP contribution is 2.36. The van der Waals surface area contributed by atoms with Crippen LogP contribution in [0.2, 0.25) is 0 Å². The summed E-state index contributed by atoms with van der Waals surface area (Å²) in [6, 6.07) is -0.294. The smallest absolute Gasteiger partial charge is 0.320 e. The fourth-order valence-electron chi connectivity index (χ4n) is 3.25. The molecule has 0 aromatic carbocycles. The van der Waals surface area contributed by atoms with E-state index in [-0.39, 0.29) is 6.04 Å². The zero-order valence-corrected chi connectivity index (χ0v) is 11.9. The molecule has 104 valence electrons. The second-order valence-electron chi connectivity index (χ2n) is 5.61. The Bertz CT molecular complexity index is 454. The lowest BCUT2D eigenvalue weighted by Gasteiger charge is -2.19. The van der Waals surface area contributed by atoms with E-state index < -0.39 is 5.97 Å². The predicted molar refractivity (Wildman–Crippen MR) is 74.4 cm³/mol. The number of aliphatic carboxylic acids is 1. The maximum Gasteiger partial charge on any atom is 0.320 e. The molecule has 1 saturated heterocycles. The summed E-state index contributed by atoms with van der Waals surface area (Å²) in [5.74, 6) is -0.0226. The molecule has 1 unspecified atom stereocenters. The molecule has 19 heavy (non-hydrogen) atoms. The van der Waals surface area contributed by atoms with Crippen molar-refractivity contribution >= 4 is 17.3 Å². The lowest BCUT2D eigenvalue weighted by molar-refractivity contribution is -0.142. The number of hydrogen-bond acceptors (Lipinski definition) is 4. The number of hydrogen-bond donors (Lipinski definition) is 1. The predicted octanol–water partition coefficient (Wildman–Crippen LogP) is 2.85. The van der Waals surface area contributed by atoms with E-state index in [4.69, 9.17) is 0 Å².